The molecule has 3 aromatic carbocycles. The fourth-order valence-corrected chi connectivity index (χ4v) is 5.31. The molecule has 0 radical (unpaired) electrons. The summed E-state index contributed by atoms with van der Waals surface area (Å²) in [6.45, 7) is 2.25. The Morgan fingerprint density at radius 3 is 2.26 bits per heavy atom. The van der Waals surface area contributed by atoms with Crippen molar-refractivity contribution in [1.29, 1.82) is 0 Å². The van der Waals surface area contributed by atoms with Crippen LogP contribution in [0.3, 0.4) is 0 Å². The summed E-state index contributed by atoms with van der Waals surface area (Å²) in [5, 5.41) is 6.58. The number of likely N-dealkylation sites (tertiary alicyclic amines) is 1. The Morgan fingerprint density at radius 1 is 0.912 bits per heavy atom. The Hall–Kier alpha value is -3.15. The van der Waals surface area contributed by atoms with Gasteiger partial charge in [0.15, 0.2) is 0 Å². The van der Waals surface area contributed by atoms with Crippen molar-refractivity contribution in [2.75, 3.05) is 13.6 Å². The number of nitrogens with zero attached hydrogens (tertiary/aromatic N) is 1. The van der Waals surface area contributed by atoms with Gasteiger partial charge in [-0.2, -0.15) is 0 Å². The van der Waals surface area contributed by atoms with Crippen LogP contribution in [0.5, 0.6) is 5.75 Å². The first-order chi connectivity index (χ1) is 16.7. The summed E-state index contributed by atoms with van der Waals surface area (Å²) >= 11 is 0. The van der Waals surface area contributed by atoms with Crippen LogP contribution in [0.15, 0.2) is 78.9 Å². The molecule has 1 aliphatic carbocycles. The lowest BCUT2D eigenvalue weighted by Crippen LogP contribution is -2.47. The van der Waals surface area contributed by atoms with E-state index in [0.717, 1.165) is 43.7 Å². The molecular weight excluding hydrogens is 422 g/mol. The van der Waals surface area contributed by atoms with E-state index < -0.39 is 0 Å². The van der Waals surface area contributed by atoms with Crippen molar-refractivity contribution in [3.05, 3.63) is 101 Å². The van der Waals surface area contributed by atoms with E-state index in [4.69, 9.17) is 4.74 Å². The third-order valence-electron chi connectivity index (χ3n) is 7.15. The Morgan fingerprint density at radius 2 is 1.59 bits per heavy atom. The highest BCUT2D eigenvalue weighted by atomic mass is 16.5. The standard InChI is InChI=1S/C29H33N3O2/c1-30-29(33)28-17-25(19-32(28)26-15-23-9-5-6-10-24(23)16-26)31-18-21-11-13-27(14-12-21)34-20-22-7-3-2-4-8-22/h2-14,25-26,28,31H,15-20H2,1H3,(H,30,33)/t25-,28+/m1/s1. The number of amides is 1. The molecule has 2 aliphatic rings. The van der Waals surface area contributed by atoms with Crippen LogP contribution in [-0.4, -0.2) is 42.5 Å². The summed E-state index contributed by atoms with van der Waals surface area (Å²) in [6, 6.07) is 27.8. The molecule has 0 bridgehead atoms. The van der Waals surface area contributed by atoms with Crippen molar-refractivity contribution >= 4 is 5.91 Å². The maximum absolute atomic E-state index is 12.7. The molecule has 1 amide bonds. The van der Waals surface area contributed by atoms with E-state index in [1.165, 1.54) is 16.7 Å². The molecule has 5 nitrogen and oxygen atoms in total. The van der Waals surface area contributed by atoms with Crippen LogP contribution in [0.25, 0.3) is 0 Å². The normalized spacial score (nSPS) is 20.3. The fourth-order valence-electron chi connectivity index (χ4n) is 5.31. The van der Waals surface area contributed by atoms with Crippen molar-refractivity contribution in [2.45, 2.75) is 50.5 Å². The first-order valence-electron chi connectivity index (χ1n) is 12.2. The van der Waals surface area contributed by atoms with E-state index in [0.29, 0.717) is 18.7 Å². The summed E-state index contributed by atoms with van der Waals surface area (Å²) in [5.41, 5.74) is 5.23. The predicted molar refractivity (Wildman–Crippen MR) is 135 cm³/mol. The molecule has 1 saturated heterocycles. The van der Waals surface area contributed by atoms with E-state index in [2.05, 4.69) is 64.1 Å². The first kappa shape index (κ1) is 22.6. The molecule has 0 spiro atoms. The van der Waals surface area contributed by atoms with Crippen molar-refractivity contribution in [3.8, 4) is 5.75 Å². The molecular formula is C29H33N3O2. The van der Waals surface area contributed by atoms with Crippen LogP contribution >= 0.6 is 0 Å². The van der Waals surface area contributed by atoms with E-state index in [-0.39, 0.29) is 11.9 Å². The second-order valence-corrected chi connectivity index (χ2v) is 9.39. The molecule has 34 heavy (non-hydrogen) atoms. The number of ether oxygens (including phenoxy) is 1. The number of carbonyl (C=O) groups excluding carboxylic acids is 1. The van der Waals surface area contributed by atoms with Gasteiger partial charge in [-0.25, -0.2) is 0 Å². The number of likely N-dealkylation sites (N-methyl/N-ethyl adjacent to an activating group) is 1. The molecule has 1 fully saturated rings. The van der Waals surface area contributed by atoms with Crippen LogP contribution in [0.4, 0.5) is 0 Å². The Kier molecular flexibility index (Phi) is 6.93. The quantitative estimate of drug-likeness (QED) is 0.544. The van der Waals surface area contributed by atoms with Crippen molar-refractivity contribution in [3.63, 3.8) is 0 Å². The van der Waals surface area contributed by atoms with Gasteiger partial charge >= 0.3 is 0 Å². The van der Waals surface area contributed by atoms with Gasteiger partial charge in [-0.1, -0.05) is 66.7 Å². The monoisotopic (exact) mass is 455 g/mol. The average Bonchev–Trinajstić information content (AvgIpc) is 3.51. The van der Waals surface area contributed by atoms with Gasteiger partial charge in [-0.05, 0) is 53.6 Å². The van der Waals surface area contributed by atoms with Gasteiger partial charge in [-0.3, -0.25) is 9.69 Å². The number of hydrogen-bond acceptors (Lipinski definition) is 4. The predicted octanol–water partition coefficient (Wildman–Crippen LogP) is 3.71. The van der Waals surface area contributed by atoms with Crippen LogP contribution in [-0.2, 0) is 30.8 Å². The number of hydrogen-bond donors (Lipinski definition) is 2. The smallest absolute Gasteiger partial charge is 0.237 e. The zero-order chi connectivity index (χ0) is 23.3. The summed E-state index contributed by atoms with van der Waals surface area (Å²) in [7, 11) is 1.74. The number of carbonyl (C=O) groups is 1. The maximum Gasteiger partial charge on any atom is 0.237 e. The van der Waals surface area contributed by atoms with Gasteiger partial charge in [0, 0.05) is 32.2 Å². The molecule has 2 N–H and O–H groups in total. The minimum absolute atomic E-state index is 0.0735. The van der Waals surface area contributed by atoms with Gasteiger partial charge < -0.3 is 15.4 Å². The first-order valence-corrected chi connectivity index (χ1v) is 12.2. The highest BCUT2D eigenvalue weighted by molar-refractivity contribution is 5.82. The van der Waals surface area contributed by atoms with Crippen LogP contribution in [0, 0.1) is 0 Å². The summed E-state index contributed by atoms with van der Waals surface area (Å²) in [5.74, 6) is 1.00. The molecule has 5 rings (SSSR count). The maximum atomic E-state index is 12.7. The van der Waals surface area contributed by atoms with Gasteiger partial charge in [0.05, 0.1) is 6.04 Å². The van der Waals surface area contributed by atoms with Crippen LogP contribution < -0.4 is 15.4 Å². The van der Waals surface area contributed by atoms with Crippen molar-refractivity contribution in [2.24, 2.45) is 0 Å². The van der Waals surface area contributed by atoms with Crippen molar-refractivity contribution in [1.82, 2.24) is 15.5 Å². The van der Waals surface area contributed by atoms with Gasteiger partial charge in [0.25, 0.3) is 0 Å². The van der Waals surface area contributed by atoms with E-state index >= 15 is 0 Å². The number of nitrogens with one attached hydrogen (secondary N) is 2. The summed E-state index contributed by atoms with van der Waals surface area (Å²) in [6.07, 6.45) is 2.90. The minimum Gasteiger partial charge on any atom is -0.489 e. The summed E-state index contributed by atoms with van der Waals surface area (Å²) in [4.78, 5) is 15.1. The number of rotatable bonds is 8. The fraction of sp³-hybridized carbons (Fsp3) is 0.345. The molecule has 1 heterocycles. The second kappa shape index (κ2) is 10.4. The van der Waals surface area contributed by atoms with Gasteiger partial charge in [0.2, 0.25) is 5.91 Å². The number of benzene rings is 3. The topological polar surface area (TPSA) is 53.6 Å². The lowest BCUT2D eigenvalue weighted by atomic mass is 10.1. The SMILES string of the molecule is CNC(=O)[C@@H]1C[C@@H](NCc2ccc(OCc3ccccc3)cc2)CN1C1Cc2ccccc2C1. The largest absolute Gasteiger partial charge is 0.489 e. The Balaban J connectivity index is 1.16. The van der Waals surface area contributed by atoms with Gasteiger partial charge in [-0.15, -0.1) is 0 Å². The highest BCUT2D eigenvalue weighted by Gasteiger charge is 2.41. The van der Waals surface area contributed by atoms with Crippen molar-refractivity contribution < 1.29 is 9.53 Å². The van der Waals surface area contributed by atoms with Gasteiger partial charge in [0.1, 0.15) is 12.4 Å². The second-order valence-electron chi connectivity index (χ2n) is 9.39. The minimum atomic E-state index is -0.0735. The highest BCUT2D eigenvalue weighted by Crippen LogP contribution is 2.31. The zero-order valence-electron chi connectivity index (χ0n) is 19.7. The third-order valence-corrected chi connectivity index (χ3v) is 7.15. The molecule has 0 aromatic heterocycles. The Labute approximate surface area is 202 Å². The number of fused-ring (bicyclic) bond motifs is 1. The molecule has 5 heteroatoms. The Bertz CT molecular complexity index is 1070. The molecule has 176 valence electrons. The summed E-state index contributed by atoms with van der Waals surface area (Å²) < 4.78 is 5.90. The van der Waals surface area contributed by atoms with Crippen LogP contribution in [0.2, 0.25) is 0 Å². The van der Waals surface area contributed by atoms with E-state index in [1.807, 2.05) is 30.3 Å². The van der Waals surface area contributed by atoms with E-state index in [1.54, 1.807) is 7.05 Å². The third kappa shape index (κ3) is 5.16. The zero-order valence-corrected chi connectivity index (χ0v) is 19.7. The molecule has 2 atom stereocenters. The lowest BCUT2D eigenvalue weighted by Gasteiger charge is -2.29. The molecule has 1 aliphatic heterocycles. The lowest BCUT2D eigenvalue weighted by molar-refractivity contribution is -0.125. The van der Waals surface area contributed by atoms with Crippen LogP contribution in [0.1, 0.15) is 28.7 Å². The molecule has 3 aromatic rings. The molecule has 0 unspecified atom stereocenters. The average molecular weight is 456 g/mol. The van der Waals surface area contributed by atoms with E-state index in [9.17, 15) is 4.79 Å². The molecule has 0 saturated carbocycles.